The van der Waals surface area contributed by atoms with Gasteiger partial charge in [0.05, 0.1) is 22.8 Å². The Morgan fingerprint density at radius 1 is 1.12 bits per heavy atom. The fourth-order valence-electron chi connectivity index (χ4n) is 2.98. The van der Waals surface area contributed by atoms with Gasteiger partial charge >= 0.3 is 0 Å². The maximum atomic E-state index is 12.5. The van der Waals surface area contributed by atoms with Crippen molar-refractivity contribution < 1.29 is 14.5 Å². The molecule has 26 heavy (non-hydrogen) atoms. The molecule has 0 saturated heterocycles. The molecule has 0 unspecified atom stereocenters. The summed E-state index contributed by atoms with van der Waals surface area (Å²) in [6.07, 6.45) is 5.21. The lowest BCUT2D eigenvalue weighted by atomic mass is 9.98. The number of amides is 1. The predicted octanol–water partition coefficient (Wildman–Crippen LogP) is 5.32. The van der Waals surface area contributed by atoms with Gasteiger partial charge in [0.25, 0.3) is 11.6 Å². The molecule has 1 amide bonds. The first kappa shape index (κ1) is 18.4. The van der Waals surface area contributed by atoms with Crippen molar-refractivity contribution in [3.8, 4) is 5.75 Å². The molecule has 136 valence electrons. The molecule has 2 aromatic rings. The molecule has 3 rings (SSSR count). The van der Waals surface area contributed by atoms with Crippen molar-refractivity contribution in [2.75, 3.05) is 5.32 Å². The van der Waals surface area contributed by atoms with Crippen LogP contribution in [0.15, 0.2) is 46.9 Å². The number of hydrogen-bond acceptors (Lipinski definition) is 4. The van der Waals surface area contributed by atoms with E-state index in [2.05, 4.69) is 21.2 Å². The maximum Gasteiger partial charge on any atom is 0.273 e. The fourth-order valence-corrected chi connectivity index (χ4v) is 3.25. The molecule has 1 fully saturated rings. The summed E-state index contributed by atoms with van der Waals surface area (Å²) in [7, 11) is 0. The second-order valence-electron chi connectivity index (χ2n) is 6.28. The van der Waals surface area contributed by atoms with Crippen LogP contribution in [0.25, 0.3) is 0 Å². The van der Waals surface area contributed by atoms with E-state index in [1.807, 2.05) is 0 Å². The van der Waals surface area contributed by atoms with E-state index in [4.69, 9.17) is 4.74 Å². The summed E-state index contributed by atoms with van der Waals surface area (Å²) in [4.78, 5) is 23.1. The van der Waals surface area contributed by atoms with Gasteiger partial charge in [0, 0.05) is 16.1 Å². The van der Waals surface area contributed by atoms with Crippen LogP contribution in [-0.2, 0) is 0 Å². The van der Waals surface area contributed by atoms with Gasteiger partial charge in [-0.05, 0) is 56.0 Å². The van der Waals surface area contributed by atoms with Gasteiger partial charge in [-0.1, -0.05) is 22.4 Å². The summed E-state index contributed by atoms with van der Waals surface area (Å²) in [5, 5.41) is 13.9. The number of nitrogens with one attached hydrogen (secondary N) is 1. The summed E-state index contributed by atoms with van der Waals surface area (Å²) in [6.45, 7) is 0. The Labute approximate surface area is 159 Å². The first-order chi connectivity index (χ1) is 12.5. The molecule has 2 aromatic carbocycles. The topological polar surface area (TPSA) is 81.5 Å². The zero-order valence-electron chi connectivity index (χ0n) is 14.1. The first-order valence-electron chi connectivity index (χ1n) is 8.55. The Bertz CT molecular complexity index is 802. The lowest BCUT2D eigenvalue weighted by molar-refractivity contribution is -0.384. The molecule has 0 radical (unpaired) electrons. The Morgan fingerprint density at radius 3 is 2.46 bits per heavy atom. The molecule has 0 bridgehead atoms. The second-order valence-corrected chi connectivity index (χ2v) is 7.19. The normalized spacial score (nSPS) is 14.7. The van der Waals surface area contributed by atoms with Crippen LogP contribution in [0.3, 0.4) is 0 Å². The highest BCUT2D eigenvalue weighted by molar-refractivity contribution is 9.10. The molecule has 0 spiro atoms. The van der Waals surface area contributed by atoms with Gasteiger partial charge in [-0.2, -0.15) is 0 Å². The minimum Gasteiger partial charge on any atom is -0.488 e. The lowest BCUT2D eigenvalue weighted by Gasteiger charge is -2.24. The van der Waals surface area contributed by atoms with Crippen molar-refractivity contribution in [3.05, 3.63) is 62.6 Å². The molecular weight excluding hydrogens is 400 g/mol. The average Bonchev–Trinajstić information content (AvgIpc) is 2.64. The number of rotatable bonds is 5. The average molecular weight is 419 g/mol. The lowest BCUT2D eigenvalue weighted by Crippen LogP contribution is -2.21. The van der Waals surface area contributed by atoms with Crippen LogP contribution in [0.5, 0.6) is 5.75 Å². The number of anilines is 1. The highest BCUT2D eigenvalue weighted by atomic mass is 79.9. The number of nitro benzene ring substituents is 1. The highest BCUT2D eigenvalue weighted by Gasteiger charge is 2.20. The van der Waals surface area contributed by atoms with Crippen LogP contribution < -0.4 is 10.1 Å². The van der Waals surface area contributed by atoms with E-state index in [1.54, 1.807) is 24.3 Å². The number of carbonyl (C=O) groups is 1. The third-order valence-electron chi connectivity index (χ3n) is 4.38. The van der Waals surface area contributed by atoms with Crippen molar-refractivity contribution in [2.45, 2.75) is 38.2 Å². The third kappa shape index (κ3) is 4.60. The highest BCUT2D eigenvalue weighted by Crippen LogP contribution is 2.33. The van der Waals surface area contributed by atoms with Gasteiger partial charge in [0.15, 0.2) is 0 Å². The molecule has 1 saturated carbocycles. The quantitative estimate of drug-likeness (QED) is 0.525. The predicted molar refractivity (Wildman–Crippen MR) is 103 cm³/mol. The Morgan fingerprint density at radius 2 is 1.81 bits per heavy atom. The number of benzene rings is 2. The number of nitro groups is 1. The van der Waals surface area contributed by atoms with Gasteiger partial charge in [-0.3, -0.25) is 14.9 Å². The van der Waals surface area contributed by atoms with Crippen LogP contribution >= 0.6 is 15.9 Å². The van der Waals surface area contributed by atoms with Gasteiger partial charge in [0.2, 0.25) is 0 Å². The molecule has 7 heteroatoms. The smallest absolute Gasteiger partial charge is 0.273 e. The maximum absolute atomic E-state index is 12.5. The van der Waals surface area contributed by atoms with Crippen LogP contribution in [0.2, 0.25) is 0 Å². The number of hydrogen-bond donors (Lipinski definition) is 1. The molecule has 1 aliphatic carbocycles. The van der Waals surface area contributed by atoms with E-state index in [1.165, 1.54) is 24.6 Å². The molecule has 6 nitrogen and oxygen atoms in total. The van der Waals surface area contributed by atoms with E-state index in [9.17, 15) is 14.9 Å². The van der Waals surface area contributed by atoms with Crippen LogP contribution in [0.4, 0.5) is 11.4 Å². The monoisotopic (exact) mass is 418 g/mol. The first-order valence-corrected chi connectivity index (χ1v) is 9.34. The summed E-state index contributed by atoms with van der Waals surface area (Å²) < 4.78 is 6.89. The molecule has 0 heterocycles. The zero-order valence-corrected chi connectivity index (χ0v) is 15.7. The Hall–Kier alpha value is -2.41. The standard InChI is InChI=1S/C19H19BrN2O4/c20-14-8-6-13(7-9-14)19(23)21-17-11-10-15(22(24)25)12-18(17)26-16-4-2-1-3-5-16/h6-12,16H,1-5H2,(H,21,23). The van der Waals surface area contributed by atoms with Crippen molar-refractivity contribution >= 4 is 33.2 Å². The van der Waals surface area contributed by atoms with E-state index in [0.717, 1.165) is 30.2 Å². The number of non-ortho nitro benzene ring substituents is 1. The van der Waals surface area contributed by atoms with Crippen LogP contribution in [0, 0.1) is 10.1 Å². The summed E-state index contributed by atoms with van der Waals surface area (Å²) in [5.74, 6) is 0.0522. The third-order valence-corrected chi connectivity index (χ3v) is 4.91. The Kier molecular flexibility index (Phi) is 5.88. The van der Waals surface area contributed by atoms with Crippen molar-refractivity contribution in [2.24, 2.45) is 0 Å². The molecule has 0 atom stereocenters. The van der Waals surface area contributed by atoms with Crippen LogP contribution in [0.1, 0.15) is 42.5 Å². The molecule has 0 aliphatic heterocycles. The second kappa shape index (κ2) is 8.31. The number of halogens is 1. The van der Waals surface area contributed by atoms with Gasteiger partial charge in [-0.15, -0.1) is 0 Å². The van der Waals surface area contributed by atoms with E-state index >= 15 is 0 Å². The van der Waals surface area contributed by atoms with Gasteiger partial charge < -0.3 is 10.1 Å². The SMILES string of the molecule is O=C(Nc1ccc([N+](=O)[O-])cc1OC1CCCCC1)c1ccc(Br)cc1. The fraction of sp³-hybridized carbons (Fsp3) is 0.316. The molecule has 1 N–H and O–H groups in total. The van der Waals surface area contributed by atoms with Crippen molar-refractivity contribution in [3.63, 3.8) is 0 Å². The summed E-state index contributed by atoms with van der Waals surface area (Å²) in [5.41, 5.74) is 0.877. The largest absolute Gasteiger partial charge is 0.488 e. The number of carbonyl (C=O) groups excluding carboxylic acids is 1. The van der Waals surface area contributed by atoms with Crippen LogP contribution in [-0.4, -0.2) is 16.9 Å². The minimum atomic E-state index is -0.464. The van der Waals surface area contributed by atoms with E-state index in [0.29, 0.717) is 17.0 Å². The van der Waals surface area contributed by atoms with Crippen molar-refractivity contribution in [1.82, 2.24) is 0 Å². The summed E-state index contributed by atoms with van der Waals surface area (Å²) in [6, 6.07) is 11.2. The van der Waals surface area contributed by atoms with E-state index in [-0.39, 0.29) is 17.7 Å². The molecule has 0 aromatic heterocycles. The zero-order chi connectivity index (χ0) is 18.5. The minimum absolute atomic E-state index is 0.0223. The molecule has 1 aliphatic rings. The van der Waals surface area contributed by atoms with Gasteiger partial charge in [0.1, 0.15) is 5.75 Å². The van der Waals surface area contributed by atoms with Gasteiger partial charge in [-0.25, -0.2) is 0 Å². The Balaban J connectivity index is 1.83. The molecular formula is C19H19BrN2O4. The van der Waals surface area contributed by atoms with E-state index < -0.39 is 4.92 Å². The number of ether oxygens (including phenoxy) is 1. The number of nitrogens with zero attached hydrogens (tertiary/aromatic N) is 1. The summed E-state index contributed by atoms with van der Waals surface area (Å²) >= 11 is 3.33. The van der Waals surface area contributed by atoms with Crippen molar-refractivity contribution in [1.29, 1.82) is 0 Å².